The van der Waals surface area contributed by atoms with Crippen LogP contribution in [0.25, 0.3) is 0 Å². The molecule has 0 fully saturated rings. The topological polar surface area (TPSA) is 63.6 Å². The molecule has 2 rings (SSSR count). The number of benzene rings is 2. The first-order valence-corrected chi connectivity index (χ1v) is 7.19. The summed E-state index contributed by atoms with van der Waals surface area (Å²) < 4.78 is 5.54. The quantitative estimate of drug-likeness (QED) is 0.626. The van der Waals surface area contributed by atoms with Gasteiger partial charge in [0.05, 0.1) is 24.2 Å². The molecule has 4 nitrogen and oxygen atoms in total. The van der Waals surface area contributed by atoms with Gasteiger partial charge in [0.1, 0.15) is 11.5 Å². The molecule has 0 atom stereocenters. The van der Waals surface area contributed by atoms with Crippen LogP contribution in [-0.2, 0) is 0 Å². The van der Waals surface area contributed by atoms with Crippen molar-refractivity contribution in [2.45, 2.75) is 19.8 Å². The first kappa shape index (κ1) is 15.8. The molecule has 1 N–H and O–H groups in total. The summed E-state index contributed by atoms with van der Waals surface area (Å²) in [6.45, 7) is 2.49. The van der Waals surface area contributed by atoms with Crippen molar-refractivity contribution in [1.82, 2.24) is 0 Å². The highest BCUT2D eigenvalue weighted by Gasteiger charge is 2.18. The van der Waals surface area contributed by atoms with Gasteiger partial charge in [-0.1, -0.05) is 31.2 Å². The van der Waals surface area contributed by atoms with Gasteiger partial charge in [-0.25, -0.2) is 0 Å². The smallest absolute Gasteiger partial charge is 0.174 e. The molecule has 0 amide bonds. The standard InChI is InChI=1S/C18H18O4/c1-2-11-22-18-10-6-4-8-14(18)17(21)12-16(20)13-7-3-5-9-15(13)19/h3-10,19H,2,11-12H2,1H3. The van der Waals surface area contributed by atoms with Crippen LogP contribution in [0.1, 0.15) is 40.5 Å². The summed E-state index contributed by atoms with van der Waals surface area (Å²) in [7, 11) is 0. The van der Waals surface area contributed by atoms with Crippen LogP contribution in [0.3, 0.4) is 0 Å². The van der Waals surface area contributed by atoms with Crippen molar-refractivity contribution >= 4 is 11.6 Å². The minimum Gasteiger partial charge on any atom is -0.507 e. The first-order chi connectivity index (χ1) is 10.6. The van der Waals surface area contributed by atoms with E-state index < -0.39 is 5.78 Å². The van der Waals surface area contributed by atoms with Gasteiger partial charge in [-0.2, -0.15) is 0 Å². The number of Topliss-reactive ketones (excluding diaryl/α,β-unsaturated/α-hetero) is 2. The molecule has 0 spiro atoms. The molecule has 0 saturated carbocycles. The SMILES string of the molecule is CCCOc1ccccc1C(=O)CC(=O)c1ccccc1O. The van der Waals surface area contributed by atoms with Crippen LogP contribution in [0.5, 0.6) is 11.5 Å². The third-order valence-corrected chi connectivity index (χ3v) is 3.17. The van der Waals surface area contributed by atoms with Gasteiger partial charge in [-0.05, 0) is 30.7 Å². The molecule has 22 heavy (non-hydrogen) atoms. The van der Waals surface area contributed by atoms with Crippen LogP contribution in [0.2, 0.25) is 0 Å². The van der Waals surface area contributed by atoms with Gasteiger partial charge >= 0.3 is 0 Å². The van der Waals surface area contributed by atoms with Gasteiger partial charge in [-0.15, -0.1) is 0 Å². The van der Waals surface area contributed by atoms with Crippen molar-refractivity contribution in [3.05, 3.63) is 59.7 Å². The van der Waals surface area contributed by atoms with E-state index >= 15 is 0 Å². The molecule has 0 aromatic heterocycles. The predicted molar refractivity (Wildman–Crippen MR) is 83.6 cm³/mol. The summed E-state index contributed by atoms with van der Waals surface area (Å²) in [4.78, 5) is 24.5. The average Bonchev–Trinajstić information content (AvgIpc) is 2.53. The Morgan fingerprint density at radius 2 is 1.55 bits per heavy atom. The molecule has 114 valence electrons. The molecule has 0 aliphatic carbocycles. The molecule has 0 aliphatic rings. The number of phenolic OH excluding ortho intramolecular Hbond substituents is 1. The lowest BCUT2D eigenvalue weighted by molar-refractivity contribution is 0.0891. The van der Waals surface area contributed by atoms with Crippen LogP contribution in [-0.4, -0.2) is 23.3 Å². The second-order valence-electron chi connectivity index (χ2n) is 4.88. The normalized spacial score (nSPS) is 10.2. The van der Waals surface area contributed by atoms with Gasteiger partial charge < -0.3 is 9.84 Å². The van der Waals surface area contributed by atoms with Crippen molar-refractivity contribution in [2.75, 3.05) is 6.61 Å². The minimum absolute atomic E-state index is 0.115. The number of carbonyl (C=O) groups is 2. The number of aromatic hydroxyl groups is 1. The van der Waals surface area contributed by atoms with E-state index in [0.717, 1.165) is 6.42 Å². The largest absolute Gasteiger partial charge is 0.507 e. The Morgan fingerprint density at radius 3 is 2.23 bits per heavy atom. The molecule has 0 radical (unpaired) electrons. The Kier molecular flexibility index (Phi) is 5.31. The van der Waals surface area contributed by atoms with E-state index in [0.29, 0.717) is 17.9 Å². The average molecular weight is 298 g/mol. The zero-order valence-electron chi connectivity index (χ0n) is 12.4. The Hall–Kier alpha value is -2.62. The molecular weight excluding hydrogens is 280 g/mol. The monoisotopic (exact) mass is 298 g/mol. The summed E-state index contributed by atoms with van der Waals surface area (Å²) in [6, 6.07) is 13.1. The van der Waals surface area contributed by atoms with Crippen molar-refractivity contribution in [2.24, 2.45) is 0 Å². The van der Waals surface area contributed by atoms with Crippen LogP contribution >= 0.6 is 0 Å². The van der Waals surface area contributed by atoms with Gasteiger partial charge in [0.2, 0.25) is 0 Å². The van der Waals surface area contributed by atoms with E-state index in [2.05, 4.69) is 0 Å². The minimum atomic E-state index is -0.409. The van der Waals surface area contributed by atoms with Gasteiger partial charge in [0.25, 0.3) is 0 Å². The number of rotatable bonds is 7. The van der Waals surface area contributed by atoms with Crippen LogP contribution in [0.15, 0.2) is 48.5 Å². The first-order valence-electron chi connectivity index (χ1n) is 7.19. The maximum atomic E-state index is 12.3. The van der Waals surface area contributed by atoms with Gasteiger partial charge in [0.15, 0.2) is 11.6 Å². The van der Waals surface area contributed by atoms with Crippen LogP contribution in [0.4, 0.5) is 0 Å². The highest BCUT2D eigenvalue weighted by molar-refractivity contribution is 6.15. The van der Waals surface area contributed by atoms with Crippen molar-refractivity contribution in [1.29, 1.82) is 0 Å². The van der Waals surface area contributed by atoms with Crippen LogP contribution in [0, 0.1) is 0 Å². The van der Waals surface area contributed by atoms with E-state index in [4.69, 9.17) is 4.74 Å². The Morgan fingerprint density at radius 1 is 0.955 bits per heavy atom. The number of ether oxygens (including phenoxy) is 1. The van der Waals surface area contributed by atoms with Crippen molar-refractivity contribution in [3.8, 4) is 11.5 Å². The fraction of sp³-hybridized carbons (Fsp3) is 0.222. The van der Waals surface area contributed by atoms with E-state index in [1.165, 1.54) is 12.1 Å². The van der Waals surface area contributed by atoms with Crippen molar-refractivity contribution in [3.63, 3.8) is 0 Å². The molecule has 2 aromatic rings. The summed E-state index contributed by atoms with van der Waals surface area (Å²) >= 11 is 0. The second kappa shape index (κ2) is 7.41. The fourth-order valence-corrected chi connectivity index (χ4v) is 2.08. The van der Waals surface area contributed by atoms with E-state index in [-0.39, 0.29) is 23.5 Å². The Bertz CT molecular complexity index is 676. The molecule has 0 heterocycles. The lowest BCUT2D eigenvalue weighted by Gasteiger charge is -2.10. The lowest BCUT2D eigenvalue weighted by Crippen LogP contribution is -2.10. The summed E-state index contributed by atoms with van der Waals surface area (Å²) in [6.07, 6.45) is 0.531. The molecule has 0 bridgehead atoms. The third-order valence-electron chi connectivity index (χ3n) is 3.17. The molecular formula is C18H18O4. The summed E-state index contributed by atoms with van der Waals surface area (Å²) in [5, 5.41) is 9.68. The molecule has 0 aliphatic heterocycles. The number of carbonyl (C=O) groups excluding carboxylic acids is 2. The van der Waals surface area contributed by atoms with Gasteiger partial charge in [0, 0.05) is 0 Å². The third kappa shape index (κ3) is 3.73. The molecule has 0 saturated heterocycles. The lowest BCUT2D eigenvalue weighted by atomic mass is 10.0. The highest BCUT2D eigenvalue weighted by Crippen LogP contribution is 2.23. The number of para-hydroxylation sites is 2. The number of hydrogen-bond donors (Lipinski definition) is 1. The maximum Gasteiger partial charge on any atom is 0.174 e. The zero-order chi connectivity index (χ0) is 15.9. The zero-order valence-corrected chi connectivity index (χ0v) is 12.4. The van der Waals surface area contributed by atoms with Gasteiger partial charge in [-0.3, -0.25) is 9.59 Å². The number of phenols is 1. The fourth-order valence-electron chi connectivity index (χ4n) is 2.08. The number of hydrogen-bond acceptors (Lipinski definition) is 4. The van der Waals surface area contributed by atoms with E-state index in [9.17, 15) is 14.7 Å². The second-order valence-corrected chi connectivity index (χ2v) is 4.88. The van der Waals surface area contributed by atoms with Crippen molar-refractivity contribution < 1.29 is 19.4 Å². The molecule has 2 aromatic carbocycles. The predicted octanol–water partition coefficient (Wildman–Crippen LogP) is 3.64. The summed E-state index contributed by atoms with van der Waals surface area (Å²) in [5.41, 5.74) is 0.544. The van der Waals surface area contributed by atoms with Crippen LogP contribution < -0.4 is 4.74 Å². The molecule has 0 unspecified atom stereocenters. The van der Waals surface area contributed by atoms with E-state index in [1.54, 1.807) is 36.4 Å². The highest BCUT2D eigenvalue weighted by atomic mass is 16.5. The number of ketones is 2. The summed E-state index contributed by atoms with van der Waals surface area (Å²) in [5.74, 6) is -0.358. The van der Waals surface area contributed by atoms with E-state index in [1.807, 2.05) is 6.92 Å². The maximum absolute atomic E-state index is 12.3. The molecule has 4 heteroatoms. The Balaban J connectivity index is 2.16. The Labute approximate surface area is 129 Å².